The molecule has 82 valence electrons. The molecule has 1 aromatic carbocycles. The Morgan fingerprint density at radius 2 is 2.00 bits per heavy atom. The fourth-order valence-electron chi connectivity index (χ4n) is 1.90. The van der Waals surface area contributed by atoms with E-state index in [0.29, 0.717) is 12.5 Å². The molecule has 1 unspecified atom stereocenters. The van der Waals surface area contributed by atoms with Crippen molar-refractivity contribution < 1.29 is 4.39 Å². The van der Waals surface area contributed by atoms with Crippen LogP contribution in [0.2, 0.25) is 0 Å². The first-order valence-corrected chi connectivity index (χ1v) is 5.38. The van der Waals surface area contributed by atoms with Crippen molar-refractivity contribution >= 4 is 5.69 Å². The number of halogens is 1. The Labute approximate surface area is 89.7 Å². The predicted octanol–water partition coefficient (Wildman–Crippen LogP) is 2.37. The molecule has 1 saturated carbocycles. The van der Waals surface area contributed by atoms with E-state index in [-0.39, 0.29) is 11.4 Å². The fourth-order valence-corrected chi connectivity index (χ4v) is 1.90. The van der Waals surface area contributed by atoms with Gasteiger partial charge in [-0.15, -0.1) is 0 Å². The summed E-state index contributed by atoms with van der Waals surface area (Å²) in [7, 11) is 0. The maximum absolute atomic E-state index is 12.7. The lowest BCUT2D eigenvalue weighted by molar-refractivity contribution is 0.459. The molecule has 0 amide bonds. The first-order chi connectivity index (χ1) is 7.14. The largest absolute Gasteiger partial charge is 0.378 e. The zero-order chi connectivity index (χ0) is 10.9. The van der Waals surface area contributed by atoms with Gasteiger partial charge in [0.25, 0.3) is 0 Å². The molecule has 1 aromatic rings. The molecule has 0 aliphatic heterocycles. The Kier molecular flexibility index (Phi) is 2.65. The lowest BCUT2D eigenvalue weighted by Gasteiger charge is -2.30. The minimum absolute atomic E-state index is 0.0438. The Balaban J connectivity index is 2.09. The number of nitrogens with one attached hydrogen (secondary N) is 1. The third-order valence-electron chi connectivity index (χ3n) is 3.18. The quantitative estimate of drug-likeness (QED) is 0.797. The van der Waals surface area contributed by atoms with Crippen LogP contribution < -0.4 is 11.1 Å². The van der Waals surface area contributed by atoms with Crippen molar-refractivity contribution in [3.8, 4) is 0 Å². The minimum Gasteiger partial charge on any atom is -0.378 e. The topological polar surface area (TPSA) is 38.0 Å². The summed E-state index contributed by atoms with van der Waals surface area (Å²) in [6.07, 6.45) is 2.48. The van der Waals surface area contributed by atoms with Crippen LogP contribution >= 0.6 is 0 Å². The van der Waals surface area contributed by atoms with Gasteiger partial charge in [-0.2, -0.15) is 0 Å². The molecule has 2 nitrogen and oxygen atoms in total. The van der Waals surface area contributed by atoms with Gasteiger partial charge in [-0.1, -0.05) is 0 Å². The molecular weight excluding hydrogens is 191 g/mol. The van der Waals surface area contributed by atoms with Crippen LogP contribution in [-0.2, 0) is 0 Å². The predicted molar refractivity (Wildman–Crippen MR) is 60.2 cm³/mol. The molecule has 3 heteroatoms. The second-order valence-corrected chi connectivity index (χ2v) is 4.53. The zero-order valence-electron chi connectivity index (χ0n) is 8.96. The highest BCUT2D eigenvalue weighted by atomic mass is 19.1. The molecule has 1 fully saturated rings. The van der Waals surface area contributed by atoms with Gasteiger partial charge in [0.05, 0.1) is 0 Å². The van der Waals surface area contributed by atoms with Gasteiger partial charge >= 0.3 is 0 Å². The average molecular weight is 208 g/mol. The van der Waals surface area contributed by atoms with Crippen molar-refractivity contribution in [2.45, 2.75) is 25.3 Å². The summed E-state index contributed by atoms with van der Waals surface area (Å²) in [5.41, 5.74) is 6.69. The van der Waals surface area contributed by atoms with Gasteiger partial charge in [0, 0.05) is 17.8 Å². The molecule has 3 N–H and O–H groups in total. The molecule has 2 rings (SSSR count). The Bertz CT molecular complexity index is 332. The number of rotatable bonds is 4. The minimum atomic E-state index is -0.207. The monoisotopic (exact) mass is 208 g/mol. The summed E-state index contributed by atoms with van der Waals surface area (Å²) in [5.74, 6) is 0.453. The summed E-state index contributed by atoms with van der Waals surface area (Å²) < 4.78 is 12.7. The van der Waals surface area contributed by atoms with Crippen molar-refractivity contribution in [3.05, 3.63) is 30.1 Å². The zero-order valence-corrected chi connectivity index (χ0v) is 8.96. The summed E-state index contributed by atoms with van der Waals surface area (Å²) in [6, 6.07) is 6.44. The highest BCUT2D eigenvalue weighted by molar-refractivity contribution is 5.46. The van der Waals surface area contributed by atoms with E-state index in [2.05, 4.69) is 12.2 Å². The highest BCUT2D eigenvalue weighted by Crippen LogP contribution is 2.40. The first-order valence-electron chi connectivity index (χ1n) is 5.38. The molecule has 0 radical (unpaired) electrons. The van der Waals surface area contributed by atoms with Gasteiger partial charge in [0.15, 0.2) is 0 Å². The lowest BCUT2D eigenvalue weighted by Crippen LogP contribution is -2.44. The van der Waals surface area contributed by atoms with Gasteiger partial charge in [-0.3, -0.25) is 0 Å². The summed E-state index contributed by atoms with van der Waals surface area (Å²) in [4.78, 5) is 0. The number of benzene rings is 1. The number of nitrogens with two attached hydrogens (primary N) is 1. The van der Waals surface area contributed by atoms with Crippen LogP contribution in [0.3, 0.4) is 0 Å². The molecule has 0 saturated heterocycles. The van der Waals surface area contributed by atoms with Gasteiger partial charge in [0.1, 0.15) is 5.82 Å². The molecular formula is C12H17FN2. The van der Waals surface area contributed by atoms with Crippen molar-refractivity contribution in [2.24, 2.45) is 11.7 Å². The van der Waals surface area contributed by atoms with E-state index in [1.165, 1.54) is 25.0 Å². The van der Waals surface area contributed by atoms with Crippen LogP contribution in [-0.4, -0.2) is 12.1 Å². The SMILES string of the molecule is CC(CN)(Nc1ccc(F)cc1)C1CC1. The van der Waals surface area contributed by atoms with Crippen LogP contribution in [0.15, 0.2) is 24.3 Å². The lowest BCUT2D eigenvalue weighted by atomic mass is 9.95. The Morgan fingerprint density at radius 1 is 1.40 bits per heavy atom. The maximum Gasteiger partial charge on any atom is 0.123 e. The van der Waals surface area contributed by atoms with E-state index < -0.39 is 0 Å². The van der Waals surface area contributed by atoms with E-state index in [0.717, 1.165) is 5.69 Å². The third kappa shape index (κ3) is 2.29. The highest BCUT2D eigenvalue weighted by Gasteiger charge is 2.40. The van der Waals surface area contributed by atoms with Crippen LogP contribution in [0.25, 0.3) is 0 Å². The second kappa shape index (κ2) is 3.81. The van der Waals surface area contributed by atoms with Gasteiger partial charge in [-0.05, 0) is 49.9 Å². The Hall–Kier alpha value is -1.09. The molecule has 0 spiro atoms. The van der Waals surface area contributed by atoms with Gasteiger partial charge in [-0.25, -0.2) is 4.39 Å². The smallest absolute Gasteiger partial charge is 0.123 e. The van der Waals surface area contributed by atoms with Crippen LogP contribution in [0.1, 0.15) is 19.8 Å². The molecule has 1 atom stereocenters. The van der Waals surface area contributed by atoms with Crippen molar-refractivity contribution in [3.63, 3.8) is 0 Å². The van der Waals surface area contributed by atoms with Crippen molar-refractivity contribution in [1.82, 2.24) is 0 Å². The fraction of sp³-hybridized carbons (Fsp3) is 0.500. The summed E-state index contributed by atoms with van der Waals surface area (Å²) in [5, 5.41) is 3.40. The van der Waals surface area contributed by atoms with E-state index in [9.17, 15) is 4.39 Å². The molecule has 0 heterocycles. The number of anilines is 1. The number of hydrogen-bond donors (Lipinski definition) is 2. The third-order valence-corrected chi connectivity index (χ3v) is 3.18. The molecule has 1 aliphatic carbocycles. The van der Waals surface area contributed by atoms with Crippen molar-refractivity contribution in [1.29, 1.82) is 0 Å². The van der Waals surface area contributed by atoms with Gasteiger partial charge < -0.3 is 11.1 Å². The first kappa shape index (κ1) is 10.4. The van der Waals surface area contributed by atoms with E-state index >= 15 is 0 Å². The van der Waals surface area contributed by atoms with E-state index in [1.54, 1.807) is 12.1 Å². The van der Waals surface area contributed by atoms with E-state index in [1.807, 2.05) is 0 Å². The second-order valence-electron chi connectivity index (χ2n) is 4.53. The normalized spacial score (nSPS) is 19.7. The molecule has 0 aromatic heterocycles. The van der Waals surface area contributed by atoms with E-state index in [4.69, 9.17) is 5.73 Å². The number of hydrogen-bond acceptors (Lipinski definition) is 2. The van der Waals surface area contributed by atoms with Crippen LogP contribution in [0.4, 0.5) is 10.1 Å². The Morgan fingerprint density at radius 3 is 2.47 bits per heavy atom. The van der Waals surface area contributed by atoms with Gasteiger partial charge in [0.2, 0.25) is 0 Å². The molecule has 1 aliphatic rings. The van der Waals surface area contributed by atoms with Crippen molar-refractivity contribution in [2.75, 3.05) is 11.9 Å². The van der Waals surface area contributed by atoms with Crippen LogP contribution in [0, 0.1) is 11.7 Å². The average Bonchev–Trinajstić information content (AvgIpc) is 3.05. The molecule has 15 heavy (non-hydrogen) atoms. The molecule has 0 bridgehead atoms. The summed E-state index contributed by atoms with van der Waals surface area (Å²) >= 11 is 0. The standard InChI is InChI=1S/C12H17FN2/c1-12(8-14,9-2-3-9)15-11-6-4-10(13)5-7-11/h4-7,9,15H,2-3,8,14H2,1H3. The van der Waals surface area contributed by atoms with Crippen LogP contribution in [0.5, 0.6) is 0 Å². The summed E-state index contributed by atoms with van der Waals surface area (Å²) in [6.45, 7) is 2.74. The maximum atomic E-state index is 12.7.